The van der Waals surface area contributed by atoms with Crippen LogP contribution >= 0.6 is 11.3 Å². The Morgan fingerprint density at radius 2 is 1.65 bits per heavy atom. The molecule has 2 aromatic carbocycles. The van der Waals surface area contributed by atoms with Crippen molar-refractivity contribution in [1.82, 2.24) is 4.98 Å². The van der Waals surface area contributed by atoms with Crippen LogP contribution < -0.4 is 5.32 Å². The zero-order valence-corrected chi connectivity index (χ0v) is 19.0. The Hall–Kier alpha value is -2.88. The SMILES string of the molecule is Cc1ccc(-c2csc(Cc3cc(C(F)(F)F)c(NC4=NCCCC4)cc3C(F)(F)F)n2)cc1. The van der Waals surface area contributed by atoms with Crippen molar-refractivity contribution in [2.75, 3.05) is 11.9 Å². The highest BCUT2D eigenvalue weighted by Crippen LogP contribution is 2.42. The van der Waals surface area contributed by atoms with Gasteiger partial charge in [0.1, 0.15) is 5.84 Å². The Labute approximate surface area is 196 Å². The first-order chi connectivity index (χ1) is 16.0. The third kappa shape index (κ3) is 5.60. The maximum Gasteiger partial charge on any atom is 0.418 e. The van der Waals surface area contributed by atoms with E-state index in [2.05, 4.69) is 15.3 Å². The molecule has 3 nitrogen and oxygen atoms in total. The van der Waals surface area contributed by atoms with Crippen LogP contribution in [0.2, 0.25) is 0 Å². The quantitative estimate of drug-likeness (QED) is 0.375. The van der Waals surface area contributed by atoms with Crippen LogP contribution in [0.3, 0.4) is 0 Å². The van der Waals surface area contributed by atoms with Gasteiger partial charge in [-0.3, -0.25) is 4.99 Å². The highest BCUT2D eigenvalue weighted by Gasteiger charge is 2.40. The molecule has 10 heteroatoms. The number of nitrogens with zero attached hydrogens (tertiary/aromatic N) is 2. The summed E-state index contributed by atoms with van der Waals surface area (Å²) in [5.41, 5.74) is -0.984. The number of hydrogen-bond donors (Lipinski definition) is 1. The third-order valence-electron chi connectivity index (χ3n) is 5.50. The van der Waals surface area contributed by atoms with Crippen molar-refractivity contribution in [2.24, 2.45) is 4.99 Å². The molecule has 0 spiro atoms. The van der Waals surface area contributed by atoms with Crippen molar-refractivity contribution in [3.63, 3.8) is 0 Å². The van der Waals surface area contributed by atoms with Gasteiger partial charge in [-0.1, -0.05) is 29.8 Å². The van der Waals surface area contributed by atoms with E-state index in [9.17, 15) is 26.3 Å². The number of hydrogen-bond acceptors (Lipinski definition) is 4. The molecule has 1 aliphatic heterocycles. The minimum absolute atomic E-state index is 0.264. The average molecular weight is 498 g/mol. The van der Waals surface area contributed by atoms with E-state index in [1.165, 1.54) is 0 Å². The Kier molecular flexibility index (Phi) is 6.71. The number of aliphatic imine (C=N–C) groups is 1. The van der Waals surface area contributed by atoms with Gasteiger partial charge in [0.15, 0.2) is 0 Å². The summed E-state index contributed by atoms with van der Waals surface area (Å²) >= 11 is 1.11. The Balaban J connectivity index is 1.73. The molecule has 0 radical (unpaired) electrons. The molecule has 0 atom stereocenters. The van der Waals surface area contributed by atoms with Crippen molar-refractivity contribution in [3.05, 3.63) is 69.0 Å². The molecule has 4 rings (SSSR count). The lowest BCUT2D eigenvalue weighted by Gasteiger charge is -2.22. The van der Waals surface area contributed by atoms with E-state index in [1.54, 1.807) is 5.38 Å². The second kappa shape index (κ2) is 9.40. The summed E-state index contributed by atoms with van der Waals surface area (Å²) in [5.74, 6) is 0.264. The number of alkyl halides is 6. The van der Waals surface area contributed by atoms with Gasteiger partial charge in [-0.15, -0.1) is 11.3 Å². The number of rotatable bonds is 4. The normalized spacial score (nSPS) is 14.7. The van der Waals surface area contributed by atoms with Crippen molar-refractivity contribution in [2.45, 2.75) is 45.0 Å². The van der Waals surface area contributed by atoms with E-state index in [4.69, 9.17) is 0 Å². The molecule has 2 heterocycles. The van der Waals surface area contributed by atoms with Crippen LogP contribution in [-0.4, -0.2) is 17.4 Å². The molecule has 0 aliphatic carbocycles. The van der Waals surface area contributed by atoms with E-state index in [0.717, 1.165) is 28.9 Å². The average Bonchev–Trinajstić information content (AvgIpc) is 3.23. The van der Waals surface area contributed by atoms with E-state index < -0.39 is 34.7 Å². The Morgan fingerprint density at radius 3 is 2.26 bits per heavy atom. The lowest BCUT2D eigenvalue weighted by Crippen LogP contribution is -2.21. The van der Waals surface area contributed by atoms with Gasteiger partial charge in [0.2, 0.25) is 0 Å². The first-order valence-electron chi connectivity index (χ1n) is 10.6. The van der Waals surface area contributed by atoms with Crippen LogP contribution in [0, 0.1) is 6.92 Å². The maximum atomic E-state index is 13.9. The van der Waals surface area contributed by atoms with Crippen molar-refractivity contribution >= 4 is 22.9 Å². The lowest BCUT2D eigenvalue weighted by atomic mass is 9.98. The second-order valence-electron chi connectivity index (χ2n) is 8.13. The molecule has 0 fully saturated rings. The Morgan fingerprint density at radius 1 is 0.941 bits per heavy atom. The first-order valence-corrected chi connectivity index (χ1v) is 11.5. The number of halogens is 6. The maximum absolute atomic E-state index is 13.9. The minimum atomic E-state index is -4.84. The van der Waals surface area contributed by atoms with Crippen LogP contribution in [0.5, 0.6) is 0 Å². The van der Waals surface area contributed by atoms with Gasteiger partial charge in [0, 0.05) is 30.3 Å². The van der Waals surface area contributed by atoms with E-state index in [0.29, 0.717) is 42.2 Å². The summed E-state index contributed by atoms with van der Waals surface area (Å²) < 4.78 is 83.2. The summed E-state index contributed by atoms with van der Waals surface area (Å²) in [7, 11) is 0. The summed E-state index contributed by atoms with van der Waals surface area (Å²) in [6.07, 6.45) is -8.14. The molecule has 34 heavy (non-hydrogen) atoms. The van der Waals surface area contributed by atoms with Crippen LogP contribution in [0.25, 0.3) is 11.3 Å². The highest BCUT2D eigenvalue weighted by molar-refractivity contribution is 7.10. The number of benzene rings is 2. The third-order valence-corrected chi connectivity index (χ3v) is 6.35. The zero-order chi connectivity index (χ0) is 24.5. The molecule has 1 aromatic heterocycles. The Bertz CT molecular complexity index is 1190. The summed E-state index contributed by atoms with van der Waals surface area (Å²) in [6, 6.07) is 8.57. The van der Waals surface area contributed by atoms with Gasteiger partial charge in [-0.2, -0.15) is 26.3 Å². The first kappa shape index (κ1) is 24.3. The molecule has 3 aromatic rings. The van der Waals surface area contributed by atoms with Crippen molar-refractivity contribution in [3.8, 4) is 11.3 Å². The molecular weight excluding hydrogens is 476 g/mol. The smallest absolute Gasteiger partial charge is 0.344 e. The van der Waals surface area contributed by atoms with Crippen molar-refractivity contribution < 1.29 is 26.3 Å². The predicted molar refractivity (Wildman–Crippen MR) is 121 cm³/mol. The molecule has 1 aliphatic rings. The second-order valence-corrected chi connectivity index (χ2v) is 9.07. The standard InChI is InChI=1S/C24H21F6N3S/c1-14-5-7-15(8-6-14)20-13-34-22(33-20)11-16-10-18(24(28,29)30)19(12-17(16)23(25,26)27)32-21-4-2-3-9-31-21/h5-8,10,12-13H,2-4,9,11H2,1H3,(H,31,32). The number of aryl methyl sites for hydroxylation is 1. The predicted octanol–water partition coefficient (Wildman–Crippen LogP) is 7.74. The molecule has 1 N–H and O–H groups in total. The van der Waals surface area contributed by atoms with Crippen LogP contribution in [-0.2, 0) is 18.8 Å². The summed E-state index contributed by atoms with van der Waals surface area (Å²) in [6.45, 7) is 2.35. The van der Waals surface area contributed by atoms with Crippen LogP contribution in [0.1, 0.15) is 46.5 Å². The molecule has 0 unspecified atom stereocenters. The van der Waals surface area contributed by atoms with Crippen molar-refractivity contribution in [1.29, 1.82) is 0 Å². The van der Waals surface area contributed by atoms with Gasteiger partial charge >= 0.3 is 12.4 Å². The summed E-state index contributed by atoms with van der Waals surface area (Å²) in [4.78, 5) is 8.49. The van der Waals surface area contributed by atoms with Crippen LogP contribution in [0.4, 0.5) is 32.0 Å². The molecule has 180 valence electrons. The minimum Gasteiger partial charge on any atom is -0.344 e. The van der Waals surface area contributed by atoms with Gasteiger partial charge < -0.3 is 5.32 Å². The van der Waals surface area contributed by atoms with Gasteiger partial charge in [-0.25, -0.2) is 4.98 Å². The van der Waals surface area contributed by atoms with Gasteiger partial charge in [-0.05, 0) is 37.5 Å². The molecule has 0 saturated heterocycles. The number of nitrogens with one attached hydrogen (secondary N) is 1. The number of anilines is 1. The zero-order valence-electron chi connectivity index (χ0n) is 18.1. The van der Waals surface area contributed by atoms with E-state index in [1.807, 2.05) is 31.2 Å². The van der Waals surface area contributed by atoms with E-state index >= 15 is 0 Å². The molecule has 0 saturated carbocycles. The fraction of sp³-hybridized carbons (Fsp3) is 0.333. The fourth-order valence-electron chi connectivity index (χ4n) is 3.76. The van der Waals surface area contributed by atoms with Gasteiger partial charge in [0.25, 0.3) is 0 Å². The number of amidine groups is 1. The van der Waals surface area contributed by atoms with E-state index in [-0.39, 0.29) is 12.3 Å². The number of thiazole rings is 1. The molecule has 0 amide bonds. The monoisotopic (exact) mass is 497 g/mol. The molecular formula is C24H21F6N3S. The van der Waals surface area contributed by atoms with Crippen LogP contribution in [0.15, 0.2) is 46.8 Å². The molecule has 0 bridgehead atoms. The topological polar surface area (TPSA) is 37.3 Å². The number of aromatic nitrogens is 1. The van der Waals surface area contributed by atoms with Gasteiger partial charge in [0.05, 0.1) is 27.5 Å². The summed E-state index contributed by atoms with van der Waals surface area (Å²) in [5, 5.41) is 4.49. The lowest BCUT2D eigenvalue weighted by molar-refractivity contribution is -0.141. The highest BCUT2D eigenvalue weighted by atomic mass is 32.1. The fourth-order valence-corrected chi connectivity index (χ4v) is 4.59. The largest absolute Gasteiger partial charge is 0.418 e.